The van der Waals surface area contributed by atoms with Crippen molar-refractivity contribution in [2.45, 2.75) is 225 Å². The second kappa shape index (κ2) is 97.5. The van der Waals surface area contributed by atoms with Crippen LogP contribution in [0.2, 0.25) is 0 Å². The molecule has 1 fully saturated rings. The predicted octanol–water partition coefficient (Wildman–Crippen LogP) is -3.26. The van der Waals surface area contributed by atoms with Gasteiger partial charge in [-0.1, -0.05) is 7.43 Å². The summed E-state index contributed by atoms with van der Waals surface area (Å²) < 4.78 is 70.3. The standard InChI is InChI=1S/C19H31N3O7S.C18H27N3O7.2C12H23NO6.2C7H16O4.2C6H14O4.CH4/c1-29-12-11-21(16(24)5-3-6-18(26)27)9-4-8-20-15(23)7-10-22-17(25)13-14(30-2)19(22)28;1-28-13-12-20(15(23)4-2-5-18(26)27)10-3-9-19-14(22)8-11-21-16(24)6-7-17(21)25;2*1-9(15)4-5-13-12(16)18-8-11(7-17-3)19-10(2)6-14;2*1-6(3-8)11-7(4-9)5-10-2;2*1-5(2-7)10-6(3-8)4-9;/h14H,3-13H2,1-2H3,(H,20,23)(H,26,27);6-7H,2-5,8-13H2,1H3,(H,19,22)(H,26,27);2*10-11,14H,4-8H2,1-3H3,(H,13,16);2*6-9H,3-5H2,1-2H3;2*5-9H,2-4H2,1H3;1H4. The third kappa shape index (κ3) is 86.5. The van der Waals surface area contributed by atoms with Crippen LogP contribution < -0.4 is 21.3 Å². The third-order valence-electron chi connectivity index (χ3n) is 17.8. The van der Waals surface area contributed by atoms with Crippen LogP contribution in [0.5, 0.6) is 0 Å². The zero-order valence-electron chi connectivity index (χ0n) is 83.0. The average Bonchev–Trinajstić information content (AvgIpc) is 1.72. The smallest absolute Gasteiger partial charge is 0.407 e. The summed E-state index contributed by atoms with van der Waals surface area (Å²) in [6.07, 6.45) is 0.911. The summed E-state index contributed by atoms with van der Waals surface area (Å²) in [6.45, 7) is 16.4. The van der Waals surface area contributed by atoms with Gasteiger partial charge in [0, 0.05) is 178 Å². The largest absolute Gasteiger partial charge is 0.481 e. The summed E-state index contributed by atoms with van der Waals surface area (Å²) >= 11 is 1.33. The van der Waals surface area contributed by atoms with Gasteiger partial charge in [-0.25, -0.2) is 9.59 Å². The number of aliphatic hydroxyl groups is 12. The first-order chi connectivity index (χ1) is 65.6. The zero-order chi connectivity index (χ0) is 106. The van der Waals surface area contributed by atoms with Gasteiger partial charge in [-0.2, -0.15) is 11.8 Å². The topological polar surface area (TPSA) is 713 Å². The number of carbonyl (C=O) groups is 14. The molecule has 11 unspecified atom stereocenters. The SMILES string of the molecule is C.CC(CO)OC(CO)CO.CC(CO)OC(CO)CO.COCC(CO)OC(C)CO.COCC(CO)OC(C)CO.COCC(COC(=O)NCCC(C)=O)OC(C)CO.COCC(COC(=O)NCCC(C)=O)OC(C)CO.COCCN(CCCNC(=O)CCN1C(=O)C=CC1=O)C(=O)CCCC(=O)O.COCCN(CCCNC(=O)CCN1C(=O)CC(SC)C1=O)C(=O)CCCC(=O)O. The van der Waals surface area contributed by atoms with E-state index in [1.807, 2.05) is 0 Å². The molecule has 2 heterocycles. The molecular weight excluding hydrogens is 1870 g/mol. The van der Waals surface area contributed by atoms with Crippen molar-refractivity contribution in [3.05, 3.63) is 12.2 Å². The molecular formula is C88H168N8O42S. The highest BCUT2D eigenvalue weighted by Crippen LogP contribution is 2.23. The zero-order valence-corrected chi connectivity index (χ0v) is 83.8. The Kier molecular flexibility index (Phi) is 101. The number of ether oxygens (including phenoxy) is 14. The van der Waals surface area contributed by atoms with Crippen molar-refractivity contribution in [3.8, 4) is 0 Å². The molecule has 2 aliphatic heterocycles. The Bertz CT molecular complexity index is 3080. The minimum absolute atomic E-state index is 0. The monoisotopic (exact) mass is 2040 g/mol. The van der Waals surface area contributed by atoms with Crippen LogP contribution in [0.15, 0.2) is 12.2 Å². The molecule has 0 saturated carbocycles. The first kappa shape index (κ1) is 144. The summed E-state index contributed by atoms with van der Waals surface area (Å²) in [7, 11) is 9.15. The molecule has 2 aliphatic rings. The van der Waals surface area contributed by atoms with Crippen molar-refractivity contribution in [3.63, 3.8) is 0 Å². The van der Waals surface area contributed by atoms with Crippen molar-refractivity contribution in [2.75, 3.05) is 246 Å². The number of nitrogens with one attached hydrogen (secondary N) is 4. The maximum Gasteiger partial charge on any atom is 0.407 e. The van der Waals surface area contributed by atoms with E-state index in [1.54, 1.807) is 57.6 Å². The van der Waals surface area contributed by atoms with Crippen molar-refractivity contribution in [1.29, 1.82) is 0 Å². The Morgan fingerprint density at radius 3 is 0.935 bits per heavy atom. The third-order valence-corrected chi connectivity index (χ3v) is 18.7. The number of thioether (sulfide) groups is 1. The van der Waals surface area contributed by atoms with Crippen molar-refractivity contribution < 1.29 is 205 Å². The lowest BCUT2D eigenvalue weighted by Crippen LogP contribution is -2.37. The molecule has 0 aromatic carbocycles. The number of hydrogen-bond acceptors (Lipinski definition) is 41. The number of carboxylic acids is 2. The Balaban J connectivity index is -0.000000297. The van der Waals surface area contributed by atoms with E-state index >= 15 is 0 Å². The molecule has 0 aliphatic carbocycles. The van der Waals surface area contributed by atoms with Gasteiger partial charge in [-0.3, -0.25) is 67.3 Å². The van der Waals surface area contributed by atoms with Crippen LogP contribution in [-0.2, 0) is 124 Å². The molecule has 0 aromatic rings. The molecule has 0 radical (unpaired) electrons. The lowest BCUT2D eigenvalue weighted by molar-refractivity contribution is -0.140. The van der Waals surface area contributed by atoms with Gasteiger partial charge in [-0.15, -0.1) is 0 Å². The van der Waals surface area contributed by atoms with E-state index in [2.05, 4.69) is 21.3 Å². The number of methoxy groups -OCH3 is 6. The van der Waals surface area contributed by atoms with Crippen LogP contribution in [-0.4, -0.2) is 499 Å². The maximum absolute atomic E-state index is 12.2. The van der Waals surface area contributed by atoms with E-state index in [0.29, 0.717) is 78.5 Å². The molecule has 51 heteroatoms. The highest BCUT2D eigenvalue weighted by atomic mass is 32.2. The summed E-state index contributed by atoms with van der Waals surface area (Å²) in [5.74, 6) is -4.06. The maximum atomic E-state index is 12.2. The van der Waals surface area contributed by atoms with Crippen molar-refractivity contribution >= 4 is 94.7 Å². The quantitative estimate of drug-likeness (QED) is 0.0210. The van der Waals surface area contributed by atoms with Crippen LogP contribution in [0.1, 0.15) is 146 Å². The van der Waals surface area contributed by atoms with Gasteiger partial charge in [0.1, 0.15) is 61.4 Å². The van der Waals surface area contributed by atoms with Crippen LogP contribution in [0, 0.1) is 0 Å². The normalized spacial score (nSPS) is 14.5. The van der Waals surface area contributed by atoms with Gasteiger partial charge in [-0.05, 0) is 87.3 Å². The summed E-state index contributed by atoms with van der Waals surface area (Å²) in [4.78, 5) is 165. The van der Waals surface area contributed by atoms with E-state index < -0.39 is 60.4 Å². The molecule has 18 N–H and O–H groups in total. The number of aliphatic hydroxyl groups excluding tert-OH is 12. The number of amides is 10. The van der Waals surface area contributed by atoms with Crippen molar-refractivity contribution in [2.24, 2.45) is 0 Å². The fourth-order valence-corrected chi connectivity index (χ4v) is 11.1. The molecule has 50 nitrogen and oxygen atoms in total. The Hall–Kier alpha value is -7.89. The lowest BCUT2D eigenvalue weighted by atomic mass is 10.2. The van der Waals surface area contributed by atoms with Crippen LogP contribution in [0.4, 0.5) is 9.59 Å². The summed E-state index contributed by atoms with van der Waals surface area (Å²) in [5, 5.41) is 131. The summed E-state index contributed by atoms with van der Waals surface area (Å²) in [5.41, 5.74) is 0. The number of nitrogens with zero attached hydrogens (tertiary/aromatic N) is 4. The van der Waals surface area contributed by atoms with Gasteiger partial charge in [0.2, 0.25) is 35.4 Å². The minimum Gasteiger partial charge on any atom is -0.481 e. The number of ketones is 2. The highest BCUT2D eigenvalue weighted by molar-refractivity contribution is 8.00. The molecule has 10 amide bonds. The number of imide groups is 2. The lowest BCUT2D eigenvalue weighted by Gasteiger charge is -2.22. The number of carboxylic acid groups (broad SMARTS) is 2. The predicted molar refractivity (Wildman–Crippen MR) is 503 cm³/mol. The number of Topliss-reactive ketones (excluding diaryl/α,β-unsaturated/α-hetero) is 2. The molecule has 11 atom stereocenters. The van der Waals surface area contributed by atoms with E-state index in [1.165, 1.54) is 80.4 Å². The fourth-order valence-electron chi connectivity index (χ4n) is 10.5. The van der Waals surface area contributed by atoms with Gasteiger partial charge in [0.15, 0.2) is 0 Å². The van der Waals surface area contributed by atoms with E-state index in [9.17, 15) is 67.1 Å². The molecule has 0 spiro atoms. The van der Waals surface area contributed by atoms with Gasteiger partial charge < -0.3 is 169 Å². The van der Waals surface area contributed by atoms with Crippen LogP contribution in [0.3, 0.4) is 0 Å². The molecule has 1 saturated heterocycles. The van der Waals surface area contributed by atoms with Crippen molar-refractivity contribution in [1.82, 2.24) is 40.9 Å². The minimum atomic E-state index is -0.938. The Morgan fingerprint density at radius 1 is 0.374 bits per heavy atom. The first-order valence-corrected chi connectivity index (χ1v) is 46.3. The van der Waals surface area contributed by atoms with E-state index in [0.717, 1.165) is 9.80 Å². The van der Waals surface area contributed by atoms with Gasteiger partial charge >= 0.3 is 24.1 Å². The second-order valence-electron chi connectivity index (χ2n) is 30.5. The number of hydrogen-bond donors (Lipinski definition) is 18. The van der Waals surface area contributed by atoms with E-state index in [-0.39, 0.29) is 311 Å². The molecule has 0 aromatic heterocycles. The molecule has 2 rings (SSSR count). The Morgan fingerprint density at radius 2 is 0.669 bits per heavy atom. The number of rotatable bonds is 71. The molecule has 818 valence electrons. The van der Waals surface area contributed by atoms with Crippen LogP contribution in [0.25, 0.3) is 0 Å². The van der Waals surface area contributed by atoms with Gasteiger partial charge in [0.05, 0.1) is 161 Å². The summed E-state index contributed by atoms with van der Waals surface area (Å²) in [6, 6.07) is 0. The second-order valence-corrected chi connectivity index (χ2v) is 31.5. The number of carbonyl (C=O) groups excluding carboxylic acids is 12. The molecule has 0 bridgehead atoms. The highest BCUT2D eigenvalue weighted by Gasteiger charge is 2.38. The van der Waals surface area contributed by atoms with Gasteiger partial charge in [0.25, 0.3) is 11.8 Å². The number of likely N-dealkylation sites (tertiary alicyclic amines) is 1. The Labute approximate surface area is 820 Å². The average molecular weight is 2040 g/mol. The number of alkyl carbamates (subject to hydrolysis) is 2. The fraction of sp³-hybridized carbons (Fsp3) is 0.818. The molecule has 139 heavy (non-hydrogen) atoms. The van der Waals surface area contributed by atoms with E-state index in [4.69, 9.17) is 138 Å². The first-order valence-electron chi connectivity index (χ1n) is 45.0. The number of aliphatic carboxylic acids is 2. The van der Waals surface area contributed by atoms with Crippen LogP contribution >= 0.6 is 11.8 Å².